The fraction of sp³-hybridized carbons (Fsp3) is 0.429. The van der Waals surface area contributed by atoms with Crippen LogP contribution in [0, 0.1) is 0 Å². The minimum Gasteiger partial charge on any atom is -0.593 e. The van der Waals surface area contributed by atoms with Crippen LogP contribution in [0.4, 0.5) is 0 Å². The first-order valence-electron chi connectivity index (χ1n) is 9.42. The summed E-state index contributed by atoms with van der Waals surface area (Å²) < 4.78 is 28.5. The number of hydrogen-bond acceptors (Lipinski definition) is 3. The predicted octanol–water partition coefficient (Wildman–Crippen LogP) is 3.50. The van der Waals surface area contributed by atoms with E-state index in [9.17, 15) is 8.76 Å². The molecule has 0 aliphatic carbocycles. The Balaban J connectivity index is 1.79. The second-order valence-corrected chi connectivity index (χ2v) is 9.38. The van der Waals surface area contributed by atoms with Crippen LogP contribution < -0.4 is 0 Å². The average Bonchev–Trinajstić information content (AvgIpc) is 2.96. The highest BCUT2D eigenvalue weighted by Crippen LogP contribution is 2.39. The van der Waals surface area contributed by atoms with Gasteiger partial charge in [0.25, 0.3) is 0 Å². The molecule has 2 unspecified atom stereocenters. The lowest BCUT2D eigenvalue weighted by atomic mass is 9.87. The van der Waals surface area contributed by atoms with Gasteiger partial charge < -0.3 is 4.55 Å². The number of hydrogen-bond donors (Lipinski definition) is 0. The first kappa shape index (κ1) is 17.9. The molecule has 5 heteroatoms. The van der Waals surface area contributed by atoms with Crippen molar-refractivity contribution in [3.63, 3.8) is 0 Å². The first-order valence-corrected chi connectivity index (χ1v) is 10.9. The maximum atomic E-state index is 13.4. The molecule has 0 amide bonds. The molecule has 2 aliphatic heterocycles. The standard InChI is InChI=1S/C21H26N2O2S/c1-2-22-14-8-13-21(22)15-18-9-6-7-10-19(18)16-23(17-21)26(24,25)20-11-4-3-5-12-20/h3-7,9-12H,2,8,13-17H2,1H3. The Morgan fingerprint density at radius 1 is 1.08 bits per heavy atom. The number of sulfonamides is 1. The van der Waals surface area contributed by atoms with Gasteiger partial charge >= 0.3 is 0 Å². The van der Waals surface area contributed by atoms with Gasteiger partial charge in [0.05, 0.1) is 13.1 Å². The number of benzene rings is 2. The summed E-state index contributed by atoms with van der Waals surface area (Å²) in [7, 11) is -3.52. The van der Waals surface area contributed by atoms with E-state index in [1.165, 1.54) is 5.56 Å². The van der Waals surface area contributed by atoms with Crippen molar-refractivity contribution in [2.45, 2.75) is 43.2 Å². The van der Waals surface area contributed by atoms with Gasteiger partial charge in [-0.3, -0.25) is 4.90 Å². The summed E-state index contributed by atoms with van der Waals surface area (Å²) in [5.41, 5.74) is 2.33. The Labute approximate surface area is 157 Å². The van der Waals surface area contributed by atoms with Crippen LogP contribution in [0.15, 0.2) is 59.5 Å². The molecule has 4 rings (SSSR count). The Bertz CT molecular complexity index is 826. The van der Waals surface area contributed by atoms with Gasteiger partial charge in [-0.15, -0.1) is 4.31 Å². The van der Waals surface area contributed by atoms with Gasteiger partial charge in [0.2, 0.25) is 0 Å². The third-order valence-electron chi connectivity index (χ3n) is 5.96. The molecule has 0 aromatic heterocycles. The van der Waals surface area contributed by atoms with E-state index >= 15 is 0 Å². The molecule has 0 bridgehead atoms. The van der Waals surface area contributed by atoms with Crippen LogP contribution in [0.1, 0.15) is 30.9 Å². The molecule has 0 radical (unpaired) electrons. The van der Waals surface area contributed by atoms with Crippen LogP contribution in [0.5, 0.6) is 0 Å². The molecule has 1 saturated heterocycles. The third kappa shape index (κ3) is 3.03. The number of fused-ring (bicyclic) bond motifs is 1. The summed E-state index contributed by atoms with van der Waals surface area (Å²) in [5, 5.41) is 0. The Hall–Kier alpha value is -1.53. The van der Waals surface area contributed by atoms with Crippen LogP contribution in [-0.4, -0.2) is 38.9 Å². The van der Waals surface area contributed by atoms with Crippen LogP contribution in [0.2, 0.25) is 0 Å². The Kier molecular flexibility index (Phi) is 4.73. The van der Waals surface area contributed by atoms with Crippen LogP contribution >= 0.6 is 0 Å². The molecule has 2 aromatic carbocycles. The highest BCUT2D eigenvalue weighted by molar-refractivity contribution is 7.95. The average molecular weight is 371 g/mol. The van der Waals surface area contributed by atoms with Crippen molar-refractivity contribution in [2.24, 2.45) is 0 Å². The molecule has 1 fully saturated rings. The molecule has 0 N–H and O–H groups in total. The topological polar surface area (TPSA) is 46.6 Å². The summed E-state index contributed by atoms with van der Waals surface area (Å²) in [5.74, 6) is 0. The first-order chi connectivity index (χ1) is 12.5. The highest BCUT2D eigenvalue weighted by atomic mass is 32.3. The zero-order valence-corrected chi connectivity index (χ0v) is 16.1. The van der Waals surface area contributed by atoms with Crippen molar-refractivity contribution >= 4 is 10.4 Å². The molecule has 2 aromatic rings. The SMILES string of the molecule is CCN1CCCC12Cc1ccccc1CN([S+](=O)([O-])c1ccccc1)C2. The number of likely N-dealkylation sites (tertiary alicyclic amines) is 1. The number of likely N-dealkylation sites (N-methyl/N-ethyl adjacent to an activating group) is 1. The van der Waals surface area contributed by atoms with E-state index in [0.29, 0.717) is 18.0 Å². The van der Waals surface area contributed by atoms with Gasteiger partial charge in [-0.2, -0.15) is 0 Å². The number of rotatable bonds is 3. The Morgan fingerprint density at radius 3 is 2.50 bits per heavy atom. The van der Waals surface area contributed by atoms with Gasteiger partial charge in [-0.25, -0.2) is 0 Å². The van der Waals surface area contributed by atoms with E-state index in [4.69, 9.17) is 0 Å². The fourth-order valence-corrected chi connectivity index (χ4v) is 6.17. The molecular formula is C21H26N2O2S. The lowest BCUT2D eigenvalue weighted by molar-refractivity contribution is 0.117. The van der Waals surface area contributed by atoms with E-state index in [0.717, 1.165) is 37.9 Å². The van der Waals surface area contributed by atoms with Crippen LogP contribution in [-0.2, 0) is 27.6 Å². The molecule has 0 saturated carbocycles. The summed E-state index contributed by atoms with van der Waals surface area (Å²) in [4.78, 5) is 2.87. The lowest BCUT2D eigenvalue weighted by Crippen LogP contribution is -2.54. The van der Waals surface area contributed by atoms with Gasteiger partial charge in [0, 0.05) is 5.54 Å². The molecule has 138 valence electrons. The Morgan fingerprint density at radius 2 is 1.77 bits per heavy atom. The summed E-state index contributed by atoms with van der Waals surface area (Å²) in [6.07, 6.45) is 3.11. The van der Waals surface area contributed by atoms with Crippen molar-refractivity contribution in [3.05, 3.63) is 65.7 Å². The zero-order chi connectivity index (χ0) is 18.2. The van der Waals surface area contributed by atoms with Crippen molar-refractivity contribution in [1.29, 1.82) is 0 Å². The monoisotopic (exact) mass is 370 g/mol. The minimum atomic E-state index is -3.52. The van der Waals surface area contributed by atoms with Gasteiger partial charge in [-0.05, 0) is 55.6 Å². The quantitative estimate of drug-likeness (QED) is 0.777. The van der Waals surface area contributed by atoms with Crippen molar-refractivity contribution in [3.8, 4) is 0 Å². The molecule has 1 spiro atoms. The van der Waals surface area contributed by atoms with Crippen LogP contribution in [0.25, 0.3) is 0 Å². The van der Waals surface area contributed by atoms with Gasteiger partial charge in [-0.1, -0.05) is 53.6 Å². The highest BCUT2D eigenvalue weighted by Gasteiger charge is 2.47. The third-order valence-corrected chi connectivity index (χ3v) is 7.76. The smallest absolute Gasteiger partial charge is 0.175 e. The fourth-order valence-electron chi connectivity index (χ4n) is 4.65. The van der Waals surface area contributed by atoms with E-state index < -0.39 is 10.4 Å². The minimum absolute atomic E-state index is 0.0940. The van der Waals surface area contributed by atoms with E-state index in [-0.39, 0.29) is 5.54 Å². The van der Waals surface area contributed by atoms with E-state index in [1.54, 1.807) is 28.6 Å². The van der Waals surface area contributed by atoms with Crippen molar-refractivity contribution in [2.75, 3.05) is 19.6 Å². The molecule has 2 aliphatic rings. The molecule has 2 atom stereocenters. The van der Waals surface area contributed by atoms with Crippen molar-refractivity contribution < 1.29 is 8.76 Å². The van der Waals surface area contributed by atoms with Crippen LogP contribution in [0.3, 0.4) is 0 Å². The molecule has 26 heavy (non-hydrogen) atoms. The molecular weight excluding hydrogens is 344 g/mol. The summed E-state index contributed by atoms with van der Waals surface area (Å²) in [6.45, 7) is 5.21. The lowest BCUT2D eigenvalue weighted by Gasteiger charge is -2.40. The molecule has 2 heterocycles. The predicted molar refractivity (Wildman–Crippen MR) is 103 cm³/mol. The maximum absolute atomic E-state index is 13.4. The van der Waals surface area contributed by atoms with Gasteiger partial charge in [0.1, 0.15) is 0 Å². The number of nitrogens with zero attached hydrogens (tertiary/aromatic N) is 2. The molecule has 4 nitrogen and oxygen atoms in total. The zero-order valence-electron chi connectivity index (χ0n) is 15.3. The second kappa shape index (κ2) is 6.89. The summed E-state index contributed by atoms with van der Waals surface area (Å²) in [6, 6.07) is 17.2. The largest absolute Gasteiger partial charge is 0.593 e. The van der Waals surface area contributed by atoms with E-state index in [2.05, 4.69) is 30.0 Å². The second-order valence-electron chi connectivity index (χ2n) is 7.44. The van der Waals surface area contributed by atoms with E-state index in [1.807, 2.05) is 12.1 Å². The normalized spacial score (nSPS) is 26.4. The van der Waals surface area contributed by atoms with Gasteiger partial charge in [0.15, 0.2) is 15.3 Å². The maximum Gasteiger partial charge on any atom is 0.175 e. The van der Waals surface area contributed by atoms with Crippen molar-refractivity contribution in [1.82, 2.24) is 9.21 Å². The summed E-state index contributed by atoms with van der Waals surface area (Å²) >= 11 is 0.